The lowest BCUT2D eigenvalue weighted by molar-refractivity contribution is 0.138. The quantitative estimate of drug-likeness (QED) is 0.768. The van der Waals surface area contributed by atoms with Crippen molar-refractivity contribution in [2.45, 2.75) is 12.6 Å². The second kappa shape index (κ2) is 4.57. The summed E-state index contributed by atoms with van der Waals surface area (Å²) in [4.78, 5) is 22.6. The molecule has 2 aliphatic heterocycles. The first-order valence-corrected chi connectivity index (χ1v) is 6.37. The SMILES string of the molecule is CN1CCN2C(=O)N(Cc3cccnc3)C[C@H]2C1. The van der Waals surface area contributed by atoms with Crippen LogP contribution in [0.1, 0.15) is 5.56 Å². The Morgan fingerprint density at radius 3 is 3.06 bits per heavy atom. The predicted octanol–water partition coefficient (Wildman–Crippen LogP) is 0.633. The van der Waals surface area contributed by atoms with Crippen LogP contribution in [0, 0.1) is 0 Å². The summed E-state index contributed by atoms with van der Waals surface area (Å²) in [7, 11) is 2.12. The van der Waals surface area contributed by atoms with E-state index >= 15 is 0 Å². The monoisotopic (exact) mass is 246 g/mol. The minimum Gasteiger partial charge on any atom is -0.318 e. The van der Waals surface area contributed by atoms with Crippen molar-refractivity contribution >= 4 is 6.03 Å². The van der Waals surface area contributed by atoms with Gasteiger partial charge < -0.3 is 14.7 Å². The highest BCUT2D eigenvalue weighted by Crippen LogP contribution is 2.21. The first-order valence-electron chi connectivity index (χ1n) is 6.37. The highest BCUT2D eigenvalue weighted by atomic mass is 16.2. The van der Waals surface area contributed by atoms with Crippen LogP contribution in [-0.4, -0.2) is 65.0 Å². The van der Waals surface area contributed by atoms with E-state index in [0.717, 1.165) is 31.7 Å². The molecule has 5 nitrogen and oxygen atoms in total. The molecule has 1 aromatic heterocycles. The lowest BCUT2D eigenvalue weighted by atomic mass is 10.2. The molecule has 18 heavy (non-hydrogen) atoms. The standard InChI is InChI=1S/C13H18N4O/c1-15-5-6-17-12(9-15)10-16(13(17)18)8-11-3-2-4-14-7-11/h2-4,7,12H,5-6,8-10H2,1H3/t12-/m1/s1. The van der Waals surface area contributed by atoms with Crippen LogP contribution >= 0.6 is 0 Å². The Bertz CT molecular complexity index is 436. The van der Waals surface area contributed by atoms with Gasteiger partial charge in [0.1, 0.15) is 0 Å². The number of hydrogen-bond acceptors (Lipinski definition) is 3. The molecule has 0 aromatic carbocycles. The number of carbonyl (C=O) groups excluding carboxylic acids is 1. The molecule has 0 saturated carbocycles. The van der Waals surface area contributed by atoms with Crippen LogP contribution in [0.25, 0.3) is 0 Å². The van der Waals surface area contributed by atoms with Crippen LogP contribution in [0.15, 0.2) is 24.5 Å². The lowest BCUT2D eigenvalue weighted by Gasteiger charge is -2.33. The molecule has 0 N–H and O–H groups in total. The maximum atomic E-state index is 12.3. The molecule has 2 amide bonds. The third-order valence-electron chi connectivity index (χ3n) is 3.73. The molecule has 2 saturated heterocycles. The summed E-state index contributed by atoms with van der Waals surface area (Å²) >= 11 is 0. The zero-order valence-electron chi connectivity index (χ0n) is 10.6. The number of hydrogen-bond donors (Lipinski definition) is 0. The first-order chi connectivity index (χ1) is 8.74. The second-order valence-electron chi connectivity index (χ2n) is 5.13. The molecule has 2 aliphatic rings. The fourth-order valence-electron chi connectivity index (χ4n) is 2.78. The van der Waals surface area contributed by atoms with E-state index in [2.05, 4.69) is 16.9 Å². The highest BCUT2D eigenvalue weighted by Gasteiger charge is 2.39. The largest absolute Gasteiger partial charge is 0.320 e. The summed E-state index contributed by atoms with van der Waals surface area (Å²) in [5.41, 5.74) is 1.10. The first kappa shape index (κ1) is 11.5. The summed E-state index contributed by atoms with van der Waals surface area (Å²) in [5, 5.41) is 0. The third-order valence-corrected chi connectivity index (χ3v) is 3.73. The number of carbonyl (C=O) groups is 1. The molecule has 0 bridgehead atoms. The number of rotatable bonds is 2. The summed E-state index contributed by atoms with van der Waals surface area (Å²) in [5.74, 6) is 0. The molecule has 0 aliphatic carbocycles. The fourth-order valence-corrected chi connectivity index (χ4v) is 2.78. The molecular weight excluding hydrogens is 228 g/mol. The number of likely N-dealkylation sites (N-methyl/N-ethyl adjacent to an activating group) is 1. The molecule has 5 heteroatoms. The molecule has 96 valence electrons. The average molecular weight is 246 g/mol. The molecule has 0 spiro atoms. The number of nitrogens with zero attached hydrogens (tertiary/aromatic N) is 4. The highest BCUT2D eigenvalue weighted by molar-refractivity contribution is 5.77. The van der Waals surface area contributed by atoms with Crippen LogP contribution < -0.4 is 0 Å². The molecule has 0 radical (unpaired) electrons. The van der Waals surface area contributed by atoms with Crippen molar-refractivity contribution in [1.82, 2.24) is 19.7 Å². The van der Waals surface area contributed by atoms with E-state index in [1.54, 1.807) is 6.20 Å². The Morgan fingerprint density at radius 1 is 1.39 bits per heavy atom. The molecular formula is C13H18N4O. The van der Waals surface area contributed by atoms with Gasteiger partial charge in [-0.3, -0.25) is 4.98 Å². The molecule has 1 aromatic rings. The van der Waals surface area contributed by atoms with E-state index in [9.17, 15) is 4.79 Å². The Balaban J connectivity index is 1.70. The molecule has 1 atom stereocenters. The van der Waals surface area contributed by atoms with Gasteiger partial charge in [0.15, 0.2) is 0 Å². The normalized spacial score (nSPS) is 24.5. The van der Waals surface area contributed by atoms with Crippen LogP contribution in [0.2, 0.25) is 0 Å². The minimum absolute atomic E-state index is 0.178. The number of amides is 2. The summed E-state index contributed by atoms with van der Waals surface area (Å²) in [6.45, 7) is 4.31. The van der Waals surface area contributed by atoms with Crippen LogP contribution in [0.4, 0.5) is 4.79 Å². The molecule has 3 heterocycles. The molecule has 2 fully saturated rings. The number of pyridine rings is 1. The van der Waals surface area contributed by atoms with E-state index in [0.29, 0.717) is 12.6 Å². The third kappa shape index (κ3) is 2.06. The van der Waals surface area contributed by atoms with Gasteiger partial charge in [-0.1, -0.05) is 6.07 Å². The van der Waals surface area contributed by atoms with Crippen LogP contribution in [-0.2, 0) is 6.54 Å². The summed E-state index contributed by atoms with van der Waals surface area (Å²) in [6, 6.07) is 4.46. The zero-order chi connectivity index (χ0) is 12.5. The van der Waals surface area contributed by atoms with Gasteiger partial charge in [-0.2, -0.15) is 0 Å². The number of fused-ring (bicyclic) bond motifs is 1. The Kier molecular flexibility index (Phi) is 2.91. The lowest BCUT2D eigenvalue weighted by Crippen LogP contribution is -2.50. The van der Waals surface area contributed by atoms with Gasteiger partial charge in [0.2, 0.25) is 0 Å². The summed E-state index contributed by atoms with van der Waals surface area (Å²) < 4.78 is 0. The van der Waals surface area contributed by atoms with E-state index in [-0.39, 0.29) is 6.03 Å². The number of piperazine rings is 1. The van der Waals surface area contributed by atoms with Crippen molar-refractivity contribution in [2.24, 2.45) is 0 Å². The Hall–Kier alpha value is -1.62. The number of urea groups is 1. The number of aromatic nitrogens is 1. The topological polar surface area (TPSA) is 39.7 Å². The fraction of sp³-hybridized carbons (Fsp3) is 0.538. The molecule has 3 rings (SSSR count). The van der Waals surface area contributed by atoms with E-state index < -0.39 is 0 Å². The van der Waals surface area contributed by atoms with E-state index in [4.69, 9.17) is 0 Å². The summed E-state index contributed by atoms with van der Waals surface area (Å²) in [6.07, 6.45) is 3.59. The Labute approximate surface area is 107 Å². The van der Waals surface area contributed by atoms with Crippen molar-refractivity contribution in [3.63, 3.8) is 0 Å². The smallest absolute Gasteiger partial charge is 0.318 e. The van der Waals surface area contributed by atoms with Crippen molar-refractivity contribution in [3.8, 4) is 0 Å². The zero-order valence-corrected chi connectivity index (χ0v) is 10.6. The van der Waals surface area contributed by atoms with Crippen molar-refractivity contribution in [3.05, 3.63) is 30.1 Å². The van der Waals surface area contributed by atoms with E-state index in [1.807, 2.05) is 28.1 Å². The second-order valence-corrected chi connectivity index (χ2v) is 5.13. The van der Waals surface area contributed by atoms with Gasteiger partial charge >= 0.3 is 6.03 Å². The van der Waals surface area contributed by atoms with Gasteiger partial charge in [-0.15, -0.1) is 0 Å². The van der Waals surface area contributed by atoms with E-state index in [1.165, 1.54) is 0 Å². The van der Waals surface area contributed by atoms with Gasteiger partial charge in [-0.05, 0) is 18.7 Å². The average Bonchev–Trinajstić information content (AvgIpc) is 2.67. The molecule has 0 unspecified atom stereocenters. The van der Waals surface area contributed by atoms with Crippen molar-refractivity contribution in [2.75, 3.05) is 33.2 Å². The maximum Gasteiger partial charge on any atom is 0.320 e. The minimum atomic E-state index is 0.178. The van der Waals surface area contributed by atoms with Gasteiger partial charge in [-0.25, -0.2) is 4.79 Å². The van der Waals surface area contributed by atoms with Gasteiger partial charge in [0, 0.05) is 45.1 Å². The predicted molar refractivity (Wildman–Crippen MR) is 68.0 cm³/mol. The van der Waals surface area contributed by atoms with Gasteiger partial charge in [0.05, 0.1) is 6.04 Å². The van der Waals surface area contributed by atoms with Crippen LogP contribution in [0.5, 0.6) is 0 Å². The van der Waals surface area contributed by atoms with Crippen molar-refractivity contribution < 1.29 is 4.79 Å². The van der Waals surface area contributed by atoms with Gasteiger partial charge in [0.25, 0.3) is 0 Å². The van der Waals surface area contributed by atoms with Crippen molar-refractivity contribution in [1.29, 1.82) is 0 Å². The Morgan fingerprint density at radius 2 is 2.28 bits per heavy atom. The maximum absolute atomic E-state index is 12.3. The van der Waals surface area contributed by atoms with Crippen LogP contribution in [0.3, 0.4) is 0 Å².